The van der Waals surface area contributed by atoms with Gasteiger partial charge in [0.1, 0.15) is 0 Å². The molecule has 3 fully saturated rings. The van der Waals surface area contributed by atoms with Crippen LogP contribution in [0.2, 0.25) is 0 Å². The fraction of sp³-hybridized carbons (Fsp3) is 0.429. The highest BCUT2D eigenvalue weighted by Gasteiger charge is 2.35. The largest absolute Gasteiger partial charge is 0.339 e. The molecule has 2 bridgehead atoms. The van der Waals surface area contributed by atoms with Crippen LogP contribution in [0.25, 0.3) is 11.0 Å². The first-order chi connectivity index (χ1) is 13.3. The van der Waals surface area contributed by atoms with Crippen molar-refractivity contribution < 1.29 is 0 Å². The van der Waals surface area contributed by atoms with Crippen LogP contribution in [0.1, 0.15) is 24.2 Å². The summed E-state index contributed by atoms with van der Waals surface area (Å²) in [6, 6.07) is 10.5. The van der Waals surface area contributed by atoms with E-state index in [1.807, 2.05) is 42.7 Å². The van der Waals surface area contributed by atoms with E-state index in [1.54, 1.807) is 0 Å². The second-order valence-electron chi connectivity index (χ2n) is 7.72. The number of para-hydroxylation sites is 2. The zero-order valence-corrected chi connectivity index (χ0v) is 15.6. The van der Waals surface area contributed by atoms with E-state index in [1.165, 1.54) is 12.8 Å². The molecule has 0 unspecified atom stereocenters. The van der Waals surface area contributed by atoms with Crippen LogP contribution in [0.3, 0.4) is 0 Å². The van der Waals surface area contributed by atoms with Gasteiger partial charge < -0.3 is 4.90 Å². The van der Waals surface area contributed by atoms with Gasteiger partial charge in [-0.3, -0.25) is 4.90 Å². The van der Waals surface area contributed by atoms with Gasteiger partial charge in [0, 0.05) is 44.6 Å². The number of rotatable bonds is 3. The van der Waals surface area contributed by atoms with E-state index in [-0.39, 0.29) is 0 Å². The summed E-state index contributed by atoms with van der Waals surface area (Å²) < 4.78 is 0. The summed E-state index contributed by atoms with van der Waals surface area (Å²) >= 11 is 0. The zero-order valence-electron chi connectivity index (χ0n) is 15.6. The Kier molecular flexibility index (Phi) is 4.20. The highest BCUT2D eigenvalue weighted by atomic mass is 15.3. The Balaban J connectivity index is 1.40. The quantitative estimate of drug-likeness (QED) is 0.716. The summed E-state index contributed by atoms with van der Waals surface area (Å²) in [4.78, 5) is 23.6. The summed E-state index contributed by atoms with van der Waals surface area (Å²) in [5, 5.41) is 0. The highest BCUT2D eigenvalue weighted by Crippen LogP contribution is 2.30. The van der Waals surface area contributed by atoms with Crippen molar-refractivity contribution in [2.75, 3.05) is 24.5 Å². The number of anilines is 1. The number of nitrogens with zero attached hydrogens (tertiary/aromatic N) is 6. The van der Waals surface area contributed by atoms with Gasteiger partial charge in [-0.05, 0) is 43.9 Å². The second kappa shape index (κ2) is 6.85. The molecule has 3 aromatic rings. The molecule has 0 radical (unpaired) electrons. The topological polar surface area (TPSA) is 58.0 Å². The van der Waals surface area contributed by atoms with Gasteiger partial charge in [-0.15, -0.1) is 0 Å². The maximum Gasteiger partial charge on any atom is 0.225 e. The van der Waals surface area contributed by atoms with Crippen molar-refractivity contribution in [1.82, 2.24) is 24.8 Å². The third-order valence-electron chi connectivity index (χ3n) is 5.86. The predicted molar refractivity (Wildman–Crippen MR) is 105 cm³/mol. The van der Waals surface area contributed by atoms with Crippen molar-refractivity contribution in [2.24, 2.45) is 5.92 Å². The molecule has 0 amide bonds. The number of benzene rings is 1. The van der Waals surface area contributed by atoms with Crippen LogP contribution in [0.4, 0.5) is 5.95 Å². The van der Waals surface area contributed by atoms with Crippen LogP contribution in [0.15, 0.2) is 42.7 Å². The van der Waals surface area contributed by atoms with E-state index < -0.39 is 0 Å². The molecular formula is C21H24N6. The van der Waals surface area contributed by atoms with Crippen molar-refractivity contribution in [3.63, 3.8) is 0 Å². The van der Waals surface area contributed by atoms with Crippen LogP contribution in [0.5, 0.6) is 0 Å². The Morgan fingerprint density at radius 2 is 1.70 bits per heavy atom. The number of aromatic nitrogens is 4. The molecule has 6 nitrogen and oxygen atoms in total. The van der Waals surface area contributed by atoms with Gasteiger partial charge in [0.15, 0.2) is 0 Å². The Morgan fingerprint density at radius 1 is 0.926 bits per heavy atom. The van der Waals surface area contributed by atoms with Crippen LogP contribution in [-0.2, 0) is 6.54 Å². The maximum absolute atomic E-state index is 4.92. The molecule has 0 N–H and O–H groups in total. The van der Waals surface area contributed by atoms with Gasteiger partial charge in [0.05, 0.1) is 22.4 Å². The Hall–Kier alpha value is -2.60. The van der Waals surface area contributed by atoms with Crippen LogP contribution < -0.4 is 4.90 Å². The maximum atomic E-state index is 4.92. The van der Waals surface area contributed by atoms with Crippen molar-refractivity contribution in [3.8, 4) is 0 Å². The molecule has 138 valence electrons. The van der Waals surface area contributed by atoms with Gasteiger partial charge in [-0.2, -0.15) is 0 Å². The minimum atomic E-state index is 0.514. The molecule has 0 saturated carbocycles. The smallest absolute Gasteiger partial charge is 0.225 e. The number of piperidine rings is 1. The van der Waals surface area contributed by atoms with E-state index in [4.69, 9.17) is 9.97 Å². The summed E-state index contributed by atoms with van der Waals surface area (Å²) in [6.45, 7) is 6.09. The summed E-state index contributed by atoms with van der Waals surface area (Å²) in [5.41, 5.74) is 4.10. The first-order valence-corrected chi connectivity index (χ1v) is 9.74. The second-order valence-corrected chi connectivity index (χ2v) is 7.72. The Morgan fingerprint density at radius 3 is 2.52 bits per heavy atom. The van der Waals surface area contributed by atoms with Gasteiger partial charge in [-0.1, -0.05) is 12.1 Å². The van der Waals surface area contributed by atoms with Crippen molar-refractivity contribution in [2.45, 2.75) is 32.4 Å². The lowest BCUT2D eigenvalue weighted by Crippen LogP contribution is -2.43. The predicted octanol–water partition coefficient (Wildman–Crippen LogP) is 2.83. The van der Waals surface area contributed by atoms with E-state index in [0.29, 0.717) is 12.0 Å². The Bertz CT molecular complexity index is 944. The monoisotopic (exact) mass is 360 g/mol. The minimum absolute atomic E-state index is 0.514. The molecule has 1 aromatic carbocycles. The molecule has 5 heterocycles. The molecule has 6 heteroatoms. The van der Waals surface area contributed by atoms with Crippen molar-refractivity contribution in [1.29, 1.82) is 0 Å². The van der Waals surface area contributed by atoms with Crippen LogP contribution in [-0.4, -0.2) is 50.5 Å². The third kappa shape index (κ3) is 3.25. The molecule has 0 aliphatic carbocycles. The molecule has 2 atom stereocenters. The number of hydrogen-bond acceptors (Lipinski definition) is 6. The molecule has 3 saturated heterocycles. The normalized spacial score (nSPS) is 22.9. The summed E-state index contributed by atoms with van der Waals surface area (Å²) in [5.74, 6) is 1.51. The molecule has 2 aromatic heterocycles. The van der Waals surface area contributed by atoms with Gasteiger partial charge in [0.25, 0.3) is 0 Å². The molecule has 3 aliphatic rings. The molecular weight excluding hydrogens is 336 g/mol. The number of fused-ring (bicyclic) bond motifs is 5. The van der Waals surface area contributed by atoms with Crippen LogP contribution in [0, 0.1) is 12.8 Å². The fourth-order valence-electron chi connectivity index (χ4n) is 4.46. The van der Waals surface area contributed by atoms with E-state index in [9.17, 15) is 0 Å². The van der Waals surface area contributed by atoms with E-state index >= 15 is 0 Å². The van der Waals surface area contributed by atoms with Crippen molar-refractivity contribution >= 4 is 17.0 Å². The number of aryl methyl sites for hydroxylation is 1. The van der Waals surface area contributed by atoms with Gasteiger partial charge >= 0.3 is 0 Å². The first-order valence-electron chi connectivity index (χ1n) is 9.74. The van der Waals surface area contributed by atoms with E-state index in [2.05, 4.69) is 26.7 Å². The highest BCUT2D eigenvalue weighted by molar-refractivity contribution is 5.74. The fourth-order valence-corrected chi connectivity index (χ4v) is 4.46. The van der Waals surface area contributed by atoms with Crippen LogP contribution >= 0.6 is 0 Å². The first kappa shape index (κ1) is 16.6. The standard InChI is InChI=1S/C21H24N6/c1-15-20(25-19-6-3-2-5-18(19)24-15)14-26-11-16-7-8-17(26)13-27(12-16)21-22-9-4-10-23-21/h2-6,9-10,16-17H,7-8,11-14H2,1H3/t16-,17-/m1/s1. The molecule has 0 spiro atoms. The molecule has 6 rings (SSSR count). The lowest BCUT2D eigenvalue weighted by molar-refractivity contribution is 0.124. The van der Waals surface area contributed by atoms with E-state index in [0.717, 1.165) is 54.5 Å². The summed E-state index contributed by atoms with van der Waals surface area (Å²) in [7, 11) is 0. The molecule has 3 aliphatic heterocycles. The van der Waals surface area contributed by atoms with Gasteiger partial charge in [0.2, 0.25) is 5.95 Å². The third-order valence-corrected chi connectivity index (χ3v) is 5.86. The number of hydrogen-bond donors (Lipinski definition) is 0. The Labute approximate surface area is 159 Å². The van der Waals surface area contributed by atoms with Crippen molar-refractivity contribution in [3.05, 3.63) is 54.1 Å². The minimum Gasteiger partial charge on any atom is -0.339 e. The SMILES string of the molecule is Cc1nc2ccccc2nc1CN1C[C@H]2CC[C@@H]1CN(c1ncccn1)C2. The zero-order chi connectivity index (χ0) is 18.2. The average Bonchev–Trinajstić information content (AvgIpc) is 3.01. The molecule has 27 heavy (non-hydrogen) atoms. The lowest BCUT2D eigenvalue weighted by atomic mass is 9.95. The lowest BCUT2D eigenvalue weighted by Gasteiger charge is -2.35. The average molecular weight is 360 g/mol. The van der Waals surface area contributed by atoms with Gasteiger partial charge in [-0.25, -0.2) is 19.9 Å². The summed E-state index contributed by atoms with van der Waals surface area (Å²) in [6.07, 6.45) is 6.18.